The van der Waals surface area contributed by atoms with Crippen molar-refractivity contribution in [2.75, 3.05) is 16.3 Å². The molecule has 0 saturated heterocycles. The molecule has 1 aliphatic rings. The van der Waals surface area contributed by atoms with Crippen LogP contribution in [0.5, 0.6) is 0 Å². The molecule has 0 fully saturated rings. The van der Waals surface area contributed by atoms with Crippen molar-refractivity contribution in [1.29, 1.82) is 0 Å². The highest BCUT2D eigenvalue weighted by atomic mass is 19.1. The Labute approximate surface area is 185 Å². The van der Waals surface area contributed by atoms with Gasteiger partial charge >= 0.3 is 0 Å². The lowest BCUT2D eigenvalue weighted by Crippen LogP contribution is -2.36. The Morgan fingerprint density at radius 3 is 2.22 bits per heavy atom. The Hall–Kier alpha value is -3.80. The topological polar surface area (TPSA) is 40.6 Å². The highest BCUT2D eigenvalue weighted by Crippen LogP contribution is 2.38. The zero-order valence-corrected chi connectivity index (χ0v) is 18.0. The number of para-hydroxylation sites is 1. The minimum absolute atomic E-state index is 0.166. The molecule has 0 unspecified atom stereocenters. The van der Waals surface area contributed by atoms with Crippen LogP contribution < -0.4 is 9.80 Å². The molecule has 2 amide bonds. The van der Waals surface area contributed by atoms with Gasteiger partial charge in [-0.15, -0.1) is 0 Å². The molecule has 0 atom stereocenters. The first kappa shape index (κ1) is 21.4. The molecular formula is C26H22F2N2O2. The summed E-state index contributed by atoms with van der Waals surface area (Å²) in [5.41, 5.74) is 3.26. The number of imide groups is 1. The second kappa shape index (κ2) is 8.38. The van der Waals surface area contributed by atoms with Crippen molar-refractivity contribution in [2.24, 2.45) is 0 Å². The highest BCUT2D eigenvalue weighted by molar-refractivity contribution is 6.46. The maximum Gasteiger partial charge on any atom is 0.282 e. The van der Waals surface area contributed by atoms with E-state index in [4.69, 9.17) is 0 Å². The number of rotatable bonds is 5. The predicted octanol–water partition coefficient (Wildman–Crippen LogP) is 5.39. The van der Waals surface area contributed by atoms with Crippen LogP contribution in [-0.4, -0.2) is 18.4 Å². The van der Waals surface area contributed by atoms with Crippen LogP contribution in [0.3, 0.4) is 0 Å². The van der Waals surface area contributed by atoms with Crippen molar-refractivity contribution >= 4 is 28.8 Å². The number of amides is 2. The third-order valence-electron chi connectivity index (χ3n) is 5.52. The van der Waals surface area contributed by atoms with Gasteiger partial charge in [0.25, 0.3) is 11.8 Å². The van der Waals surface area contributed by atoms with Crippen molar-refractivity contribution in [3.63, 3.8) is 0 Å². The SMILES string of the molecule is CCN(C1=C(c2ccc(C)cc2C)C(=O)N(c2ccc(F)cc2F)C1=O)c1ccccc1. The molecule has 0 aliphatic carbocycles. The lowest BCUT2D eigenvalue weighted by Gasteiger charge is -2.25. The summed E-state index contributed by atoms with van der Waals surface area (Å²) in [6, 6.07) is 17.6. The minimum Gasteiger partial charge on any atom is -0.337 e. The standard InChI is InChI=1S/C26H22F2N2O2/c1-4-29(19-8-6-5-7-9-19)24-23(20-12-10-16(2)14-17(20)3)25(31)30(26(24)32)22-13-11-18(27)15-21(22)28/h5-15H,4H2,1-3H3. The molecule has 4 rings (SSSR count). The van der Waals surface area contributed by atoms with Crippen LogP contribution in [0, 0.1) is 25.5 Å². The maximum atomic E-state index is 14.6. The number of halogens is 2. The van der Waals surface area contributed by atoms with Gasteiger partial charge in [0.2, 0.25) is 0 Å². The number of hydrogen-bond donors (Lipinski definition) is 0. The number of benzene rings is 3. The van der Waals surface area contributed by atoms with Crippen LogP contribution >= 0.6 is 0 Å². The summed E-state index contributed by atoms with van der Waals surface area (Å²) >= 11 is 0. The quantitative estimate of drug-likeness (QED) is 0.508. The largest absolute Gasteiger partial charge is 0.337 e. The average Bonchev–Trinajstić information content (AvgIpc) is 3.00. The Kier molecular flexibility index (Phi) is 5.61. The second-order valence-electron chi connectivity index (χ2n) is 7.66. The molecule has 32 heavy (non-hydrogen) atoms. The monoisotopic (exact) mass is 432 g/mol. The zero-order valence-electron chi connectivity index (χ0n) is 18.0. The number of nitrogens with zero attached hydrogens (tertiary/aromatic N) is 2. The van der Waals surface area contributed by atoms with Crippen LogP contribution in [0.2, 0.25) is 0 Å². The van der Waals surface area contributed by atoms with E-state index in [1.807, 2.05) is 63.2 Å². The van der Waals surface area contributed by atoms with Gasteiger partial charge in [0.1, 0.15) is 17.3 Å². The first-order valence-corrected chi connectivity index (χ1v) is 10.3. The molecule has 4 nitrogen and oxygen atoms in total. The van der Waals surface area contributed by atoms with Crippen molar-refractivity contribution < 1.29 is 18.4 Å². The van der Waals surface area contributed by atoms with Gasteiger partial charge in [-0.05, 0) is 56.2 Å². The molecule has 162 valence electrons. The molecule has 3 aromatic carbocycles. The first-order valence-electron chi connectivity index (χ1n) is 10.3. The summed E-state index contributed by atoms with van der Waals surface area (Å²) in [7, 11) is 0. The van der Waals surface area contributed by atoms with Gasteiger partial charge < -0.3 is 4.90 Å². The number of hydrogen-bond acceptors (Lipinski definition) is 3. The number of carbonyl (C=O) groups excluding carboxylic acids is 2. The molecule has 0 aromatic heterocycles. The van der Waals surface area contributed by atoms with Crippen molar-refractivity contribution in [3.05, 3.63) is 101 Å². The third-order valence-corrected chi connectivity index (χ3v) is 5.52. The molecule has 3 aromatic rings. The summed E-state index contributed by atoms with van der Waals surface area (Å²) in [5.74, 6) is -3.05. The van der Waals surface area contributed by atoms with Gasteiger partial charge in [0.05, 0.1) is 11.3 Å². The fourth-order valence-corrected chi connectivity index (χ4v) is 4.06. The zero-order chi connectivity index (χ0) is 23.0. The molecular weight excluding hydrogens is 410 g/mol. The van der Waals surface area contributed by atoms with E-state index >= 15 is 0 Å². The number of carbonyl (C=O) groups is 2. The van der Waals surface area contributed by atoms with E-state index in [2.05, 4.69) is 0 Å². The second-order valence-corrected chi connectivity index (χ2v) is 7.66. The third kappa shape index (κ3) is 3.58. The highest BCUT2D eigenvalue weighted by Gasteiger charge is 2.44. The van der Waals surface area contributed by atoms with E-state index < -0.39 is 23.4 Å². The van der Waals surface area contributed by atoms with Gasteiger partial charge in [0, 0.05) is 18.3 Å². The van der Waals surface area contributed by atoms with E-state index in [1.54, 1.807) is 11.0 Å². The Morgan fingerprint density at radius 2 is 1.59 bits per heavy atom. The fraction of sp³-hybridized carbons (Fsp3) is 0.154. The van der Waals surface area contributed by atoms with Crippen molar-refractivity contribution in [2.45, 2.75) is 20.8 Å². The van der Waals surface area contributed by atoms with Crippen LogP contribution in [-0.2, 0) is 9.59 Å². The molecule has 1 heterocycles. The summed E-state index contributed by atoms with van der Waals surface area (Å²) in [6.07, 6.45) is 0. The minimum atomic E-state index is -0.976. The van der Waals surface area contributed by atoms with Gasteiger partial charge in [0.15, 0.2) is 0 Å². The normalized spacial score (nSPS) is 13.8. The number of likely N-dealkylation sites (N-methyl/N-ethyl adjacent to an activating group) is 1. The molecule has 0 N–H and O–H groups in total. The van der Waals surface area contributed by atoms with Crippen LogP contribution in [0.1, 0.15) is 23.6 Å². The molecule has 0 bridgehead atoms. The fourth-order valence-electron chi connectivity index (χ4n) is 4.06. The molecule has 0 spiro atoms. The van der Waals surface area contributed by atoms with Gasteiger partial charge in [-0.1, -0.05) is 42.0 Å². The van der Waals surface area contributed by atoms with Crippen molar-refractivity contribution in [3.8, 4) is 0 Å². The smallest absolute Gasteiger partial charge is 0.282 e. The van der Waals surface area contributed by atoms with Gasteiger partial charge in [-0.3, -0.25) is 9.59 Å². The molecule has 0 saturated carbocycles. The Bertz CT molecular complexity index is 1250. The summed E-state index contributed by atoms with van der Waals surface area (Å²) < 4.78 is 28.1. The molecule has 0 radical (unpaired) electrons. The maximum absolute atomic E-state index is 14.6. The predicted molar refractivity (Wildman–Crippen MR) is 121 cm³/mol. The lowest BCUT2D eigenvalue weighted by atomic mass is 9.97. The Morgan fingerprint density at radius 1 is 0.875 bits per heavy atom. The number of anilines is 2. The summed E-state index contributed by atoms with van der Waals surface area (Å²) in [4.78, 5) is 29.8. The Balaban J connectivity index is 1.96. The summed E-state index contributed by atoms with van der Waals surface area (Å²) in [6.45, 7) is 6.09. The van der Waals surface area contributed by atoms with Gasteiger partial charge in [-0.2, -0.15) is 0 Å². The van der Waals surface area contributed by atoms with E-state index in [1.165, 1.54) is 0 Å². The average molecular weight is 432 g/mol. The van der Waals surface area contributed by atoms with E-state index in [-0.39, 0.29) is 17.0 Å². The first-order chi connectivity index (χ1) is 15.3. The van der Waals surface area contributed by atoms with Crippen LogP contribution in [0.4, 0.5) is 20.2 Å². The summed E-state index contributed by atoms with van der Waals surface area (Å²) in [5, 5.41) is 0. The molecule has 1 aliphatic heterocycles. The number of aryl methyl sites for hydroxylation is 2. The van der Waals surface area contributed by atoms with E-state index in [0.29, 0.717) is 18.2 Å². The van der Waals surface area contributed by atoms with E-state index in [0.717, 1.165) is 33.8 Å². The lowest BCUT2D eigenvalue weighted by molar-refractivity contribution is -0.120. The van der Waals surface area contributed by atoms with Crippen LogP contribution in [0.15, 0.2) is 72.4 Å². The van der Waals surface area contributed by atoms with Crippen LogP contribution in [0.25, 0.3) is 5.57 Å². The molecule has 6 heteroatoms. The van der Waals surface area contributed by atoms with Gasteiger partial charge in [-0.25, -0.2) is 13.7 Å². The van der Waals surface area contributed by atoms with Crippen molar-refractivity contribution in [1.82, 2.24) is 0 Å². The van der Waals surface area contributed by atoms with E-state index in [9.17, 15) is 18.4 Å².